The van der Waals surface area contributed by atoms with Crippen LogP contribution >= 0.6 is 0 Å². The zero-order valence-electron chi connectivity index (χ0n) is 7.06. The summed E-state index contributed by atoms with van der Waals surface area (Å²) in [6, 6.07) is -0.186. The number of morpholine rings is 1. The SMILES string of the molecule is CS(=O)(=O)N1CCOC[C@@H]1CN. The van der Waals surface area contributed by atoms with E-state index >= 15 is 0 Å². The molecule has 0 aromatic carbocycles. The van der Waals surface area contributed by atoms with Crippen LogP contribution in [-0.4, -0.2) is 51.3 Å². The zero-order valence-corrected chi connectivity index (χ0v) is 7.88. The van der Waals surface area contributed by atoms with Crippen molar-refractivity contribution in [1.82, 2.24) is 4.31 Å². The van der Waals surface area contributed by atoms with E-state index in [1.807, 2.05) is 0 Å². The predicted octanol–water partition coefficient (Wildman–Crippen LogP) is -1.39. The van der Waals surface area contributed by atoms with E-state index in [4.69, 9.17) is 10.5 Å². The Morgan fingerprint density at radius 3 is 2.75 bits per heavy atom. The lowest BCUT2D eigenvalue weighted by Crippen LogP contribution is -2.51. The second-order valence-corrected chi connectivity index (χ2v) is 4.77. The van der Waals surface area contributed by atoms with Gasteiger partial charge >= 0.3 is 0 Å². The molecule has 0 radical (unpaired) electrons. The van der Waals surface area contributed by atoms with E-state index in [9.17, 15) is 8.42 Å². The first kappa shape index (κ1) is 9.91. The van der Waals surface area contributed by atoms with Crippen molar-refractivity contribution in [3.63, 3.8) is 0 Å². The van der Waals surface area contributed by atoms with Gasteiger partial charge in [-0.1, -0.05) is 0 Å². The van der Waals surface area contributed by atoms with Gasteiger partial charge in [0, 0.05) is 13.1 Å². The van der Waals surface area contributed by atoms with E-state index in [1.165, 1.54) is 10.6 Å². The zero-order chi connectivity index (χ0) is 9.19. The van der Waals surface area contributed by atoms with Crippen molar-refractivity contribution in [2.24, 2.45) is 5.73 Å². The fourth-order valence-electron chi connectivity index (χ4n) is 1.26. The van der Waals surface area contributed by atoms with Gasteiger partial charge in [-0.2, -0.15) is 4.31 Å². The van der Waals surface area contributed by atoms with Crippen molar-refractivity contribution in [1.29, 1.82) is 0 Å². The first-order valence-electron chi connectivity index (χ1n) is 3.80. The molecule has 1 aliphatic heterocycles. The third-order valence-corrected chi connectivity index (χ3v) is 3.20. The van der Waals surface area contributed by atoms with Gasteiger partial charge in [0.1, 0.15) is 0 Å². The molecule has 0 aliphatic carbocycles. The summed E-state index contributed by atoms with van der Waals surface area (Å²) in [5.74, 6) is 0. The van der Waals surface area contributed by atoms with Gasteiger partial charge in [0.2, 0.25) is 10.0 Å². The van der Waals surface area contributed by atoms with Crippen LogP contribution in [0.4, 0.5) is 0 Å². The molecule has 0 bridgehead atoms. The Morgan fingerprint density at radius 1 is 1.67 bits per heavy atom. The molecule has 6 heteroatoms. The van der Waals surface area contributed by atoms with E-state index < -0.39 is 10.0 Å². The third kappa shape index (κ3) is 2.16. The Labute approximate surface area is 72.5 Å². The summed E-state index contributed by atoms with van der Waals surface area (Å²) in [7, 11) is -3.11. The first-order valence-corrected chi connectivity index (χ1v) is 5.65. The lowest BCUT2D eigenvalue weighted by molar-refractivity contribution is 0.0361. The van der Waals surface area contributed by atoms with Crippen LogP contribution < -0.4 is 5.73 Å². The summed E-state index contributed by atoms with van der Waals surface area (Å²) in [6.45, 7) is 1.60. The molecule has 1 atom stereocenters. The molecular weight excluding hydrogens is 180 g/mol. The molecule has 0 spiro atoms. The van der Waals surface area contributed by atoms with Gasteiger partial charge in [-0.3, -0.25) is 0 Å². The second-order valence-electron chi connectivity index (χ2n) is 2.84. The molecule has 5 nitrogen and oxygen atoms in total. The summed E-state index contributed by atoms with van der Waals surface area (Å²) in [5.41, 5.74) is 5.40. The van der Waals surface area contributed by atoms with E-state index in [1.54, 1.807) is 0 Å². The Bertz CT molecular complexity index is 239. The maximum atomic E-state index is 11.2. The van der Waals surface area contributed by atoms with Crippen LogP contribution in [0.25, 0.3) is 0 Å². The van der Waals surface area contributed by atoms with E-state index in [0.717, 1.165) is 0 Å². The quantitative estimate of drug-likeness (QED) is 0.587. The highest BCUT2D eigenvalue weighted by molar-refractivity contribution is 7.88. The lowest BCUT2D eigenvalue weighted by atomic mass is 10.3. The van der Waals surface area contributed by atoms with E-state index in [2.05, 4.69) is 0 Å². The highest BCUT2D eigenvalue weighted by Crippen LogP contribution is 2.09. The molecule has 1 aliphatic rings. The molecule has 1 rings (SSSR count). The molecular formula is C6H14N2O3S. The minimum atomic E-state index is -3.11. The van der Waals surface area contributed by atoms with E-state index in [0.29, 0.717) is 26.3 Å². The molecule has 2 N–H and O–H groups in total. The monoisotopic (exact) mass is 194 g/mol. The van der Waals surface area contributed by atoms with Gasteiger partial charge in [-0.25, -0.2) is 8.42 Å². The smallest absolute Gasteiger partial charge is 0.211 e. The van der Waals surface area contributed by atoms with Gasteiger partial charge in [0.15, 0.2) is 0 Å². The molecule has 1 heterocycles. The minimum absolute atomic E-state index is 0.186. The number of hydrogen-bond acceptors (Lipinski definition) is 4. The van der Waals surface area contributed by atoms with Crippen molar-refractivity contribution in [2.75, 3.05) is 32.6 Å². The van der Waals surface area contributed by atoms with Crippen molar-refractivity contribution < 1.29 is 13.2 Å². The summed E-state index contributed by atoms with van der Waals surface area (Å²) < 4.78 is 28.9. The fourth-order valence-corrected chi connectivity index (χ4v) is 2.36. The Balaban J connectivity index is 2.72. The molecule has 1 saturated heterocycles. The second kappa shape index (κ2) is 3.69. The summed E-state index contributed by atoms with van der Waals surface area (Å²) in [5, 5.41) is 0. The van der Waals surface area contributed by atoms with Crippen LogP contribution in [-0.2, 0) is 14.8 Å². The van der Waals surface area contributed by atoms with Gasteiger partial charge < -0.3 is 10.5 Å². The van der Waals surface area contributed by atoms with Crippen LogP contribution in [0, 0.1) is 0 Å². The van der Waals surface area contributed by atoms with Crippen LogP contribution in [0.15, 0.2) is 0 Å². The molecule has 72 valence electrons. The molecule has 0 saturated carbocycles. The highest BCUT2D eigenvalue weighted by atomic mass is 32.2. The van der Waals surface area contributed by atoms with Gasteiger partial charge in [0.25, 0.3) is 0 Å². The van der Waals surface area contributed by atoms with Crippen LogP contribution in [0.1, 0.15) is 0 Å². The predicted molar refractivity (Wildman–Crippen MR) is 45.2 cm³/mol. The molecule has 0 unspecified atom stereocenters. The van der Waals surface area contributed by atoms with Crippen molar-refractivity contribution in [2.45, 2.75) is 6.04 Å². The first-order chi connectivity index (χ1) is 5.55. The molecule has 0 aromatic rings. The Hall–Kier alpha value is -0.170. The number of sulfonamides is 1. The Morgan fingerprint density at radius 2 is 2.33 bits per heavy atom. The molecule has 12 heavy (non-hydrogen) atoms. The topological polar surface area (TPSA) is 72.6 Å². The van der Waals surface area contributed by atoms with Crippen molar-refractivity contribution in [3.05, 3.63) is 0 Å². The maximum Gasteiger partial charge on any atom is 0.211 e. The van der Waals surface area contributed by atoms with E-state index in [-0.39, 0.29) is 6.04 Å². The Kier molecular flexibility index (Phi) is 3.05. The van der Waals surface area contributed by atoms with Gasteiger partial charge in [-0.05, 0) is 0 Å². The van der Waals surface area contributed by atoms with Crippen molar-refractivity contribution >= 4 is 10.0 Å². The van der Waals surface area contributed by atoms with Crippen LogP contribution in [0.3, 0.4) is 0 Å². The molecule has 1 fully saturated rings. The number of nitrogens with two attached hydrogens (primary N) is 1. The summed E-state index contributed by atoms with van der Waals surface area (Å²) in [6.07, 6.45) is 1.20. The standard InChI is InChI=1S/C6H14N2O3S/c1-12(9,10)8-2-3-11-5-6(8)4-7/h6H,2-5,7H2,1H3/t6-/m0/s1. The van der Waals surface area contributed by atoms with Gasteiger partial charge in [0.05, 0.1) is 25.5 Å². The minimum Gasteiger partial charge on any atom is -0.378 e. The maximum absolute atomic E-state index is 11.2. The number of nitrogens with zero attached hydrogens (tertiary/aromatic N) is 1. The van der Waals surface area contributed by atoms with Crippen molar-refractivity contribution in [3.8, 4) is 0 Å². The van der Waals surface area contributed by atoms with Crippen LogP contribution in [0.2, 0.25) is 0 Å². The average molecular weight is 194 g/mol. The van der Waals surface area contributed by atoms with Gasteiger partial charge in [-0.15, -0.1) is 0 Å². The largest absolute Gasteiger partial charge is 0.378 e. The lowest BCUT2D eigenvalue weighted by Gasteiger charge is -2.32. The number of ether oxygens (including phenoxy) is 1. The number of hydrogen-bond donors (Lipinski definition) is 1. The normalized spacial score (nSPS) is 27.3. The summed E-state index contributed by atoms with van der Waals surface area (Å²) in [4.78, 5) is 0. The molecule has 0 amide bonds. The summed E-state index contributed by atoms with van der Waals surface area (Å²) >= 11 is 0. The average Bonchev–Trinajstić information content (AvgIpc) is 2.03. The third-order valence-electron chi connectivity index (χ3n) is 1.87. The van der Waals surface area contributed by atoms with Crippen LogP contribution in [0.5, 0.6) is 0 Å². The fraction of sp³-hybridized carbons (Fsp3) is 1.00. The number of rotatable bonds is 2. The highest BCUT2D eigenvalue weighted by Gasteiger charge is 2.28. The molecule has 0 aromatic heterocycles.